The summed E-state index contributed by atoms with van der Waals surface area (Å²) >= 11 is 5.77. The Balaban J connectivity index is 2.24. The van der Waals surface area contributed by atoms with Gasteiger partial charge in [0.15, 0.2) is 0 Å². The lowest BCUT2D eigenvalue weighted by Crippen LogP contribution is -2.12. The zero-order valence-corrected chi connectivity index (χ0v) is 11.5. The van der Waals surface area contributed by atoms with Crippen LogP contribution in [0, 0.1) is 17.0 Å². The van der Waals surface area contributed by atoms with E-state index in [0.29, 0.717) is 11.4 Å². The molecule has 0 aliphatic rings. The molecule has 2 aromatic rings. The molecule has 20 heavy (non-hydrogen) atoms. The molecule has 0 saturated carbocycles. The Bertz CT molecular complexity index is 696. The monoisotopic (exact) mass is 294 g/mol. The number of nitro benzene ring substituents is 1. The highest BCUT2D eigenvalue weighted by Crippen LogP contribution is 2.25. The topological polar surface area (TPSA) is 90.1 Å². The number of nitro groups is 1. The average molecular weight is 295 g/mol. The summed E-state index contributed by atoms with van der Waals surface area (Å²) in [7, 11) is 1.74. The number of hydrogen-bond acceptors (Lipinski definition) is 4. The minimum atomic E-state index is -0.602. The number of nitrogens with zero attached hydrogens (tertiary/aromatic N) is 3. The summed E-state index contributed by atoms with van der Waals surface area (Å²) in [4.78, 5) is 22.1. The Labute approximate surface area is 119 Å². The Hall–Kier alpha value is -2.41. The number of carbonyl (C=O) groups excluding carboxylic acids is 1. The summed E-state index contributed by atoms with van der Waals surface area (Å²) in [5, 5.41) is 17.3. The summed E-state index contributed by atoms with van der Waals surface area (Å²) < 4.78 is 1.58. The van der Waals surface area contributed by atoms with E-state index >= 15 is 0 Å². The molecule has 8 heteroatoms. The Morgan fingerprint density at radius 2 is 2.20 bits per heavy atom. The fourth-order valence-corrected chi connectivity index (χ4v) is 1.96. The molecule has 0 unspecified atom stereocenters. The minimum absolute atomic E-state index is 0.0782. The maximum atomic E-state index is 12.0. The zero-order valence-electron chi connectivity index (χ0n) is 10.8. The van der Waals surface area contributed by atoms with Gasteiger partial charge in [-0.1, -0.05) is 11.6 Å². The number of nitrogens with one attached hydrogen (secondary N) is 1. The van der Waals surface area contributed by atoms with E-state index in [2.05, 4.69) is 10.4 Å². The van der Waals surface area contributed by atoms with E-state index in [0.717, 1.165) is 0 Å². The van der Waals surface area contributed by atoms with Crippen molar-refractivity contribution >= 4 is 28.9 Å². The van der Waals surface area contributed by atoms with Crippen molar-refractivity contribution in [3.8, 4) is 0 Å². The third kappa shape index (κ3) is 2.77. The summed E-state index contributed by atoms with van der Waals surface area (Å²) in [6, 6.07) is 3.82. The normalized spacial score (nSPS) is 10.3. The SMILES string of the molecule is Cc1nn(C)cc1NC(=O)c1ccc([N+](=O)[O-])c(Cl)c1. The molecule has 0 bridgehead atoms. The van der Waals surface area contributed by atoms with E-state index in [9.17, 15) is 14.9 Å². The number of rotatable bonds is 3. The van der Waals surface area contributed by atoms with Gasteiger partial charge < -0.3 is 5.32 Å². The predicted molar refractivity (Wildman–Crippen MR) is 74.0 cm³/mol. The first-order valence-electron chi connectivity index (χ1n) is 5.64. The maximum Gasteiger partial charge on any atom is 0.287 e. The van der Waals surface area contributed by atoms with E-state index < -0.39 is 10.8 Å². The summed E-state index contributed by atoms with van der Waals surface area (Å²) in [5.74, 6) is -0.405. The lowest BCUT2D eigenvalue weighted by Gasteiger charge is -2.04. The molecule has 0 aliphatic heterocycles. The molecule has 2 rings (SSSR count). The minimum Gasteiger partial charge on any atom is -0.319 e. The number of halogens is 1. The molecule has 1 amide bonds. The fraction of sp³-hybridized carbons (Fsp3) is 0.167. The molecule has 0 radical (unpaired) electrons. The molecule has 1 aromatic heterocycles. The highest BCUT2D eigenvalue weighted by molar-refractivity contribution is 6.33. The van der Waals surface area contributed by atoms with Crippen LogP contribution >= 0.6 is 11.6 Å². The first-order valence-corrected chi connectivity index (χ1v) is 6.02. The van der Waals surface area contributed by atoms with E-state index in [1.807, 2.05) is 0 Å². The molecular weight excluding hydrogens is 284 g/mol. The molecule has 7 nitrogen and oxygen atoms in total. The number of hydrogen-bond donors (Lipinski definition) is 1. The number of anilines is 1. The second-order valence-corrected chi connectivity index (χ2v) is 4.59. The lowest BCUT2D eigenvalue weighted by molar-refractivity contribution is -0.384. The highest BCUT2D eigenvalue weighted by atomic mass is 35.5. The van der Waals surface area contributed by atoms with Crippen LogP contribution in [-0.4, -0.2) is 20.6 Å². The molecule has 104 valence electrons. The second kappa shape index (κ2) is 5.30. The van der Waals surface area contributed by atoms with Crippen LogP contribution in [0.2, 0.25) is 5.02 Å². The third-order valence-corrected chi connectivity index (χ3v) is 2.97. The van der Waals surface area contributed by atoms with E-state index in [1.165, 1.54) is 18.2 Å². The number of carbonyl (C=O) groups is 1. The third-order valence-electron chi connectivity index (χ3n) is 2.67. The molecule has 1 aromatic carbocycles. The van der Waals surface area contributed by atoms with E-state index in [1.54, 1.807) is 24.9 Å². The molecular formula is C12H11ClN4O3. The van der Waals surface area contributed by atoms with Crippen molar-refractivity contribution in [1.29, 1.82) is 0 Å². The Morgan fingerprint density at radius 1 is 1.50 bits per heavy atom. The van der Waals surface area contributed by atoms with Crippen molar-refractivity contribution in [1.82, 2.24) is 9.78 Å². The van der Waals surface area contributed by atoms with Gasteiger partial charge in [-0.25, -0.2) is 0 Å². The van der Waals surface area contributed by atoms with Crippen LogP contribution in [0.3, 0.4) is 0 Å². The highest BCUT2D eigenvalue weighted by Gasteiger charge is 2.16. The van der Waals surface area contributed by atoms with Crippen molar-refractivity contribution in [3.05, 3.63) is 50.8 Å². The number of benzene rings is 1. The fourth-order valence-electron chi connectivity index (χ4n) is 1.71. The number of aromatic nitrogens is 2. The van der Waals surface area contributed by atoms with Gasteiger partial charge in [-0.2, -0.15) is 5.10 Å². The lowest BCUT2D eigenvalue weighted by atomic mass is 10.2. The first kappa shape index (κ1) is 14.0. The Kier molecular flexibility index (Phi) is 3.71. The van der Waals surface area contributed by atoms with Crippen LogP contribution in [-0.2, 0) is 7.05 Å². The molecule has 0 aliphatic carbocycles. The van der Waals surface area contributed by atoms with Crippen molar-refractivity contribution in [3.63, 3.8) is 0 Å². The van der Waals surface area contributed by atoms with Gasteiger partial charge in [0.1, 0.15) is 5.02 Å². The second-order valence-electron chi connectivity index (χ2n) is 4.18. The molecule has 1 heterocycles. The molecule has 0 saturated heterocycles. The van der Waals surface area contributed by atoms with Gasteiger partial charge in [0.25, 0.3) is 11.6 Å². The first-order chi connectivity index (χ1) is 9.38. The molecule has 0 fully saturated rings. The number of aryl methyl sites for hydroxylation is 2. The summed E-state index contributed by atoms with van der Waals surface area (Å²) in [6.45, 7) is 1.76. The van der Waals surface area contributed by atoms with Crippen LogP contribution in [0.15, 0.2) is 24.4 Å². The van der Waals surface area contributed by atoms with Gasteiger partial charge in [-0.05, 0) is 19.1 Å². The predicted octanol–water partition coefficient (Wildman–Crippen LogP) is 2.54. The van der Waals surface area contributed by atoms with Crippen molar-refractivity contribution < 1.29 is 9.72 Å². The molecule has 0 atom stereocenters. The van der Waals surface area contributed by atoms with Crippen LogP contribution in [0.25, 0.3) is 0 Å². The van der Waals surface area contributed by atoms with Gasteiger partial charge in [-0.3, -0.25) is 19.6 Å². The van der Waals surface area contributed by atoms with Gasteiger partial charge in [-0.15, -0.1) is 0 Å². The van der Waals surface area contributed by atoms with Crippen LogP contribution in [0.5, 0.6) is 0 Å². The van der Waals surface area contributed by atoms with Gasteiger partial charge in [0.2, 0.25) is 0 Å². The van der Waals surface area contributed by atoms with Crippen LogP contribution in [0.4, 0.5) is 11.4 Å². The van der Waals surface area contributed by atoms with Crippen LogP contribution < -0.4 is 5.32 Å². The summed E-state index contributed by atoms with van der Waals surface area (Å²) in [5.41, 5.74) is 1.26. The zero-order chi connectivity index (χ0) is 14.9. The standard InChI is InChI=1S/C12H11ClN4O3/c1-7-10(6-16(2)15-7)14-12(18)8-3-4-11(17(19)20)9(13)5-8/h3-6H,1-2H3,(H,14,18). The maximum absolute atomic E-state index is 12.0. The number of amides is 1. The van der Waals surface area contributed by atoms with E-state index in [-0.39, 0.29) is 16.3 Å². The van der Waals surface area contributed by atoms with Crippen molar-refractivity contribution in [2.45, 2.75) is 6.92 Å². The smallest absolute Gasteiger partial charge is 0.287 e. The molecule has 1 N–H and O–H groups in total. The van der Waals surface area contributed by atoms with E-state index in [4.69, 9.17) is 11.6 Å². The van der Waals surface area contributed by atoms with Crippen molar-refractivity contribution in [2.24, 2.45) is 7.05 Å². The van der Waals surface area contributed by atoms with Gasteiger partial charge >= 0.3 is 0 Å². The Morgan fingerprint density at radius 3 is 2.70 bits per heavy atom. The van der Waals surface area contributed by atoms with Gasteiger partial charge in [0, 0.05) is 24.9 Å². The van der Waals surface area contributed by atoms with Crippen molar-refractivity contribution in [2.75, 3.05) is 5.32 Å². The largest absolute Gasteiger partial charge is 0.319 e. The van der Waals surface area contributed by atoms with Gasteiger partial charge in [0.05, 0.1) is 16.3 Å². The molecule has 0 spiro atoms. The van der Waals surface area contributed by atoms with Crippen LogP contribution in [0.1, 0.15) is 16.1 Å². The quantitative estimate of drug-likeness (QED) is 0.695. The summed E-state index contributed by atoms with van der Waals surface area (Å²) in [6.07, 6.45) is 1.67. The average Bonchev–Trinajstić information content (AvgIpc) is 2.67.